The van der Waals surface area contributed by atoms with E-state index in [4.69, 9.17) is 4.74 Å². The maximum atomic E-state index is 12.1. The topological polar surface area (TPSA) is 86.5 Å². The number of nitro benzene ring substituents is 1. The molecule has 0 saturated carbocycles. The summed E-state index contributed by atoms with van der Waals surface area (Å²) >= 11 is 0. The third kappa shape index (κ3) is 4.73. The number of hydrogen-bond acceptors (Lipinski definition) is 5. The molecular formula is C19H19NO5. The molecule has 130 valence electrons. The van der Waals surface area contributed by atoms with Crippen LogP contribution < -0.4 is 0 Å². The molecule has 2 aromatic rings. The van der Waals surface area contributed by atoms with Crippen molar-refractivity contribution in [2.45, 2.75) is 26.2 Å². The van der Waals surface area contributed by atoms with E-state index in [1.165, 1.54) is 24.3 Å². The first kappa shape index (κ1) is 18.3. The Balaban J connectivity index is 1.97. The van der Waals surface area contributed by atoms with Gasteiger partial charge < -0.3 is 4.74 Å². The number of esters is 1. The average Bonchev–Trinajstić information content (AvgIpc) is 2.58. The van der Waals surface area contributed by atoms with Crippen LogP contribution in [0.2, 0.25) is 0 Å². The van der Waals surface area contributed by atoms with Crippen molar-refractivity contribution in [1.29, 1.82) is 0 Å². The molecule has 0 N–H and O–H groups in total. The second-order valence-corrected chi connectivity index (χ2v) is 6.63. The van der Waals surface area contributed by atoms with Gasteiger partial charge in [-0.2, -0.15) is 0 Å². The number of ketones is 1. The molecule has 0 aliphatic heterocycles. The van der Waals surface area contributed by atoms with Gasteiger partial charge in [0.1, 0.15) is 0 Å². The molecule has 0 aromatic heterocycles. The molecule has 0 aliphatic rings. The van der Waals surface area contributed by atoms with Crippen molar-refractivity contribution in [3.63, 3.8) is 0 Å². The lowest BCUT2D eigenvalue weighted by Gasteiger charge is -2.18. The summed E-state index contributed by atoms with van der Waals surface area (Å²) in [7, 11) is 0. The molecular weight excluding hydrogens is 322 g/mol. The summed E-state index contributed by atoms with van der Waals surface area (Å²) in [5, 5.41) is 10.6. The number of nitro groups is 1. The molecule has 6 nitrogen and oxygen atoms in total. The number of Topliss-reactive ketones (excluding diaryl/α,β-unsaturated/α-hetero) is 1. The van der Waals surface area contributed by atoms with Crippen LogP contribution in [0.5, 0.6) is 0 Å². The molecule has 25 heavy (non-hydrogen) atoms. The van der Waals surface area contributed by atoms with Crippen molar-refractivity contribution in [3.05, 3.63) is 75.3 Å². The Hall–Kier alpha value is -3.02. The minimum Gasteiger partial charge on any atom is -0.454 e. The summed E-state index contributed by atoms with van der Waals surface area (Å²) in [5.74, 6) is -1.01. The van der Waals surface area contributed by atoms with E-state index in [2.05, 4.69) is 20.8 Å². The second-order valence-electron chi connectivity index (χ2n) is 6.63. The highest BCUT2D eigenvalue weighted by Crippen LogP contribution is 2.22. The van der Waals surface area contributed by atoms with Crippen molar-refractivity contribution in [2.24, 2.45) is 0 Å². The first-order valence-corrected chi connectivity index (χ1v) is 7.74. The summed E-state index contributed by atoms with van der Waals surface area (Å²) in [6, 6.07) is 12.2. The van der Waals surface area contributed by atoms with Gasteiger partial charge in [-0.25, -0.2) is 4.79 Å². The van der Waals surface area contributed by atoms with Gasteiger partial charge in [0, 0.05) is 17.7 Å². The molecule has 0 heterocycles. The predicted molar refractivity (Wildman–Crippen MR) is 92.9 cm³/mol. The van der Waals surface area contributed by atoms with Crippen LogP contribution in [-0.2, 0) is 10.2 Å². The summed E-state index contributed by atoms with van der Waals surface area (Å²) in [6.45, 7) is 5.85. The Labute approximate surface area is 145 Å². The zero-order valence-electron chi connectivity index (χ0n) is 14.3. The van der Waals surface area contributed by atoms with E-state index >= 15 is 0 Å². The third-order valence-electron chi connectivity index (χ3n) is 3.72. The third-order valence-corrected chi connectivity index (χ3v) is 3.72. The van der Waals surface area contributed by atoms with Crippen LogP contribution >= 0.6 is 0 Å². The lowest BCUT2D eigenvalue weighted by molar-refractivity contribution is -0.384. The van der Waals surface area contributed by atoms with E-state index in [9.17, 15) is 19.7 Å². The van der Waals surface area contributed by atoms with Crippen molar-refractivity contribution >= 4 is 17.4 Å². The van der Waals surface area contributed by atoms with E-state index in [1.807, 2.05) is 12.1 Å². The fourth-order valence-corrected chi connectivity index (χ4v) is 2.17. The van der Waals surface area contributed by atoms with Crippen molar-refractivity contribution < 1.29 is 19.2 Å². The molecule has 0 spiro atoms. The quantitative estimate of drug-likeness (QED) is 0.356. The molecule has 6 heteroatoms. The molecule has 2 rings (SSSR count). The number of benzene rings is 2. The van der Waals surface area contributed by atoms with E-state index in [-0.39, 0.29) is 29.1 Å². The zero-order chi connectivity index (χ0) is 18.6. The van der Waals surface area contributed by atoms with Gasteiger partial charge in [0.15, 0.2) is 12.4 Å². The largest absolute Gasteiger partial charge is 0.454 e. The number of non-ortho nitro benzene ring substituents is 1. The number of carbonyl (C=O) groups is 2. The molecule has 0 fully saturated rings. The Bertz CT molecular complexity index is 786. The van der Waals surface area contributed by atoms with Gasteiger partial charge in [0.2, 0.25) is 0 Å². The van der Waals surface area contributed by atoms with Gasteiger partial charge in [-0.15, -0.1) is 0 Å². The molecule has 0 radical (unpaired) electrons. The highest BCUT2D eigenvalue weighted by atomic mass is 16.6. The monoisotopic (exact) mass is 341 g/mol. The number of rotatable bonds is 5. The van der Waals surface area contributed by atoms with Gasteiger partial charge in [-0.05, 0) is 23.1 Å². The standard InChI is InChI=1S/C19H19NO5/c1-19(2,3)15-8-4-13(5-9-15)17(21)12-25-18(22)14-6-10-16(11-7-14)20(23)24/h4-11H,12H2,1-3H3. The molecule has 0 unspecified atom stereocenters. The molecule has 0 saturated heterocycles. The molecule has 0 bridgehead atoms. The minimum absolute atomic E-state index is 0.00996. The van der Waals surface area contributed by atoms with Gasteiger partial charge in [0.25, 0.3) is 5.69 Å². The molecule has 0 atom stereocenters. The van der Waals surface area contributed by atoms with Gasteiger partial charge >= 0.3 is 5.97 Å². The van der Waals surface area contributed by atoms with Crippen LogP contribution in [0.25, 0.3) is 0 Å². The van der Waals surface area contributed by atoms with E-state index in [0.29, 0.717) is 5.56 Å². The first-order valence-electron chi connectivity index (χ1n) is 7.74. The molecule has 0 amide bonds. The Morgan fingerprint density at radius 2 is 1.48 bits per heavy atom. The summed E-state index contributed by atoms with van der Waals surface area (Å²) in [6.07, 6.45) is 0. The van der Waals surface area contributed by atoms with E-state index in [0.717, 1.165) is 5.56 Å². The van der Waals surface area contributed by atoms with Crippen LogP contribution in [0.1, 0.15) is 47.1 Å². The zero-order valence-corrected chi connectivity index (χ0v) is 14.3. The number of carbonyl (C=O) groups excluding carboxylic acids is 2. The maximum absolute atomic E-state index is 12.1. The number of hydrogen-bond donors (Lipinski definition) is 0. The number of ether oxygens (including phenoxy) is 1. The van der Waals surface area contributed by atoms with Crippen LogP contribution in [0, 0.1) is 10.1 Å². The lowest BCUT2D eigenvalue weighted by Crippen LogP contribution is -2.15. The number of nitrogens with zero attached hydrogens (tertiary/aromatic N) is 1. The Morgan fingerprint density at radius 3 is 1.96 bits per heavy atom. The van der Waals surface area contributed by atoms with Gasteiger partial charge in [0.05, 0.1) is 10.5 Å². The Morgan fingerprint density at radius 1 is 0.960 bits per heavy atom. The SMILES string of the molecule is CC(C)(C)c1ccc(C(=O)COC(=O)c2ccc([N+](=O)[O-])cc2)cc1. The first-order chi connectivity index (χ1) is 11.7. The Kier molecular flexibility index (Phi) is 5.32. The van der Waals surface area contributed by atoms with Crippen LogP contribution in [0.4, 0.5) is 5.69 Å². The summed E-state index contributed by atoms with van der Waals surface area (Å²) < 4.78 is 4.98. The fourth-order valence-electron chi connectivity index (χ4n) is 2.17. The molecule has 2 aromatic carbocycles. The fraction of sp³-hybridized carbons (Fsp3) is 0.263. The minimum atomic E-state index is -0.699. The van der Waals surface area contributed by atoms with Crippen molar-refractivity contribution in [3.8, 4) is 0 Å². The van der Waals surface area contributed by atoms with Crippen LogP contribution in [0.3, 0.4) is 0 Å². The average molecular weight is 341 g/mol. The highest BCUT2D eigenvalue weighted by Gasteiger charge is 2.16. The van der Waals surface area contributed by atoms with Crippen LogP contribution in [0.15, 0.2) is 48.5 Å². The van der Waals surface area contributed by atoms with Gasteiger partial charge in [-0.3, -0.25) is 14.9 Å². The predicted octanol–water partition coefficient (Wildman–Crippen LogP) is 3.93. The van der Waals surface area contributed by atoms with E-state index in [1.54, 1.807) is 12.1 Å². The van der Waals surface area contributed by atoms with Crippen LogP contribution in [-0.4, -0.2) is 23.3 Å². The molecule has 0 aliphatic carbocycles. The maximum Gasteiger partial charge on any atom is 0.338 e. The second kappa shape index (κ2) is 7.25. The lowest BCUT2D eigenvalue weighted by atomic mass is 9.86. The highest BCUT2D eigenvalue weighted by molar-refractivity contribution is 5.99. The van der Waals surface area contributed by atoms with Crippen molar-refractivity contribution in [1.82, 2.24) is 0 Å². The van der Waals surface area contributed by atoms with E-state index < -0.39 is 10.9 Å². The smallest absolute Gasteiger partial charge is 0.338 e. The normalized spacial score (nSPS) is 11.0. The summed E-state index contributed by atoms with van der Waals surface area (Å²) in [4.78, 5) is 34.1. The van der Waals surface area contributed by atoms with Gasteiger partial charge in [-0.1, -0.05) is 45.0 Å². The van der Waals surface area contributed by atoms with Crippen molar-refractivity contribution in [2.75, 3.05) is 6.61 Å². The summed E-state index contributed by atoms with van der Waals surface area (Å²) in [5.41, 5.74) is 1.59.